The predicted octanol–water partition coefficient (Wildman–Crippen LogP) is 2.18. The zero-order valence-corrected chi connectivity index (χ0v) is 14.1. The van der Waals surface area contributed by atoms with Gasteiger partial charge in [0, 0.05) is 25.7 Å². The van der Waals surface area contributed by atoms with Crippen LogP contribution in [0.1, 0.15) is 30.4 Å². The Morgan fingerprint density at radius 2 is 2.12 bits per heavy atom. The number of carbonyl (C=O) groups excluding carboxylic acids is 1. The van der Waals surface area contributed by atoms with E-state index in [1.807, 2.05) is 36.2 Å². The molecule has 2 heterocycles. The molecule has 5 heteroatoms. The summed E-state index contributed by atoms with van der Waals surface area (Å²) in [5, 5.41) is 14.7. The zero-order valence-electron chi connectivity index (χ0n) is 14.1. The normalized spacial score (nSPS) is 21.0. The van der Waals surface area contributed by atoms with Gasteiger partial charge >= 0.3 is 0 Å². The molecule has 24 heavy (non-hydrogen) atoms. The fourth-order valence-corrected chi connectivity index (χ4v) is 3.39. The van der Waals surface area contributed by atoms with E-state index in [0.717, 1.165) is 30.5 Å². The zero-order chi connectivity index (χ0) is 16.9. The highest BCUT2D eigenvalue weighted by molar-refractivity contribution is 5.76. The summed E-state index contributed by atoms with van der Waals surface area (Å²) in [6, 6.07) is 9.95. The van der Waals surface area contributed by atoms with Crippen LogP contribution in [0.4, 0.5) is 0 Å². The highest BCUT2D eigenvalue weighted by atomic mass is 16.3. The summed E-state index contributed by atoms with van der Waals surface area (Å²) in [6.07, 6.45) is 6.04. The Labute approximate surface area is 142 Å². The van der Waals surface area contributed by atoms with Crippen molar-refractivity contribution in [1.82, 2.24) is 14.7 Å². The molecule has 2 aromatic rings. The Bertz CT molecular complexity index is 668. The Kier molecular flexibility index (Phi) is 5.30. The second-order valence-corrected chi connectivity index (χ2v) is 6.58. The maximum Gasteiger partial charge on any atom is 0.224 e. The molecule has 1 fully saturated rings. The van der Waals surface area contributed by atoms with Crippen LogP contribution in [0.2, 0.25) is 0 Å². The van der Waals surface area contributed by atoms with Gasteiger partial charge in [0.2, 0.25) is 5.91 Å². The molecular weight excluding hydrogens is 302 g/mol. The van der Waals surface area contributed by atoms with E-state index < -0.39 is 6.10 Å². The number of hydrogen-bond acceptors (Lipinski definition) is 3. The SMILES string of the molecule is Cc1cnn(CCC(=O)N2CCC[C@H](O)[C@@H]2Cc2ccccc2)c1. The molecule has 0 aliphatic carbocycles. The van der Waals surface area contributed by atoms with Crippen LogP contribution >= 0.6 is 0 Å². The molecule has 128 valence electrons. The van der Waals surface area contributed by atoms with E-state index in [9.17, 15) is 9.90 Å². The largest absolute Gasteiger partial charge is 0.391 e. The number of rotatable bonds is 5. The van der Waals surface area contributed by atoms with Crippen molar-refractivity contribution in [1.29, 1.82) is 0 Å². The fourth-order valence-electron chi connectivity index (χ4n) is 3.39. The Morgan fingerprint density at radius 1 is 1.33 bits per heavy atom. The second kappa shape index (κ2) is 7.62. The standard InChI is InChI=1S/C19H25N3O2/c1-15-13-20-21(14-15)11-9-19(24)22-10-5-8-18(23)17(22)12-16-6-3-2-4-7-16/h2-4,6-7,13-14,17-18,23H,5,8-12H2,1H3/t17-,18-/m0/s1. The van der Waals surface area contributed by atoms with Crippen LogP contribution in [0.3, 0.4) is 0 Å². The van der Waals surface area contributed by atoms with E-state index in [-0.39, 0.29) is 11.9 Å². The van der Waals surface area contributed by atoms with Crippen molar-refractivity contribution in [3.05, 3.63) is 53.9 Å². The first-order valence-corrected chi connectivity index (χ1v) is 8.64. The number of aliphatic hydroxyl groups excluding tert-OH is 1. The topological polar surface area (TPSA) is 58.4 Å². The van der Waals surface area contributed by atoms with Crippen molar-refractivity contribution in [2.45, 2.75) is 51.3 Å². The van der Waals surface area contributed by atoms with Gasteiger partial charge in [0.15, 0.2) is 0 Å². The number of carbonyl (C=O) groups is 1. The van der Waals surface area contributed by atoms with Crippen LogP contribution < -0.4 is 0 Å². The van der Waals surface area contributed by atoms with Crippen LogP contribution in [-0.4, -0.2) is 44.4 Å². The van der Waals surface area contributed by atoms with Crippen molar-refractivity contribution in [3.63, 3.8) is 0 Å². The number of nitrogens with zero attached hydrogens (tertiary/aromatic N) is 3. The smallest absolute Gasteiger partial charge is 0.224 e. The molecule has 1 amide bonds. The molecule has 1 aliphatic rings. The van der Waals surface area contributed by atoms with Crippen LogP contribution in [0.5, 0.6) is 0 Å². The molecule has 0 unspecified atom stereocenters. The van der Waals surface area contributed by atoms with Crippen LogP contribution in [-0.2, 0) is 17.8 Å². The molecule has 1 aromatic carbocycles. The van der Waals surface area contributed by atoms with Gasteiger partial charge in [-0.15, -0.1) is 0 Å². The van der Waals surface area contributed by atoms with Gasteiger partial charge in [-0.25, -0.2) is 0 Å². The third kappa shape index (κ3) is 4.03. The van der Waals surface area contributed by atoms with Crippen molar-refractivity contribution < 1.29 is 9.90 Å². The summed E-state index contributed by atoms with van der Waals surface area (Å²) in [4.78, 5) is 14.6. The first kappa shape index (κ1) is 16.7. The second-order valence-electron chi connectivity index (χ2n) is 6.58. The van der Waals surface area contributed by atoms with Gasteiger partial charge in [-0.2, -0.15) is 5.10 Å². The maximum absolute atomic E-state index is 12.7. The molecule has 0 saturated carbocycles. The van der Waals surface area contributed by atoms with E-state index in [0.29, 0.717) is 19.4 Å². The average Bonchev–Trinajstić information content (AvgIpc) is 3.01. The molecular formula is C19H25N3O2. The van der Waals surface area contributed by atoms with Gasteiger partial charge in [-0.05, 0) is 37.3 Å². The lowest BCUT2D eigenvalue weighted by Crippen LogP contribution is -2.52. The minimum absolute atomic E-state index is 0.0998. The van der Waals surface area contributed by atoms with E-state index >= 15 is 0 Å². The Hall–Kier alpha value is -2.14. The molecule has 0 spiro atoms. The summed E-state index contributed by atoms with van der Waals surface area (Å²) < 4.78 is 1.81. The first-order chi connectivity index (χ1) is 11.6. The van der Waals surface area contributed by atoms with Crippen LogP contribution in [0.15, 0.2) is 42.7 Å². The quantitative estimate of drug-likeness (QED) is 0.916. The van der Waals surface area contributed by atoms with Gasteiger partial charge in [-0.1, -0.05) is 30.3 Å². The summed E-state index contributed by atoms with van der Waals surface area (Å²) >= 11 is 0. The molecule has 1 saturated heterocycles. The third-order valence-corrected chi connectivity index (χ3v) is 4.67. The molecule has 2 atom stereocenters. The number of aromatic nitrogens is 2. The number of amides is 1. The molecule has 1 aromatic heterocycles. The van der Waals surface area contributed by atoms with E-state index in [1.54, 1.807) is 10.9 Å². The van der Waals surface area contributed by atoms with E-state index in [4.69, 9.17) is 0 Å². The van der Waals surface area contributed by atoms with Crippen LogP contribution in [0, 0.1) is 6.92 Å². The Morgan fingerprint density at radius 3 is 2.83 bits per heavy atom. The van der Waals surface area contributed by atoms with Crippen molar-refractivity contribution >= 4 is 5.91 Å². The Balaban J connectivity index is 1.65. The van der Waals surface area contributed by atoms with Gasteiger partial charge in [0.05, 0.1) is 18.3 Å². The minimum Gasteiger partial charge on any atom is -0.391 e. The summed E-state index contributed by atoms with van der Waals surface area (Å²) in [5.41, 5.74) is 2.25. The first-order valence-electron chi connectivity index (χ1n) is 8.64. The molecule has 1 N–H and O–H groups in total. The lowest BCUT2D eigenvalue weighted by Gasteiger charge is -2.39. The van der Waals surface area contributed by atoms with Gasteiger partial charge in [0.25, 0.3) is 0 Å². The number of likely N-dealkylation sites (tertiary alicyclic amines) is 1. The van der Waals surface area contributed by atoms with Gasteiger partial charge in [-0.3, -0.25) is 9.48 Å². The highest BCUT2D eigenvalue weighted by Crippen LogP contribution is 2.22. The molecule has 0 bridgehead atoms. The summed E-state index contributed by atoms with van der Waals surface area (Å²) in [5.74, 6) is 0.0998. The molecule has 0 radical (unpaired) electrons. The number of piperidine rings is 1. The van der Waals surface area contributed by atoms with Crippen LogP contribution in [0.25, 0.3) is 0 Å². The van der Waals surface area contributed by atoms with Gasteiger partial charge in [0.1, 0.15) is 0 Å². The predicted molar refractivity (Wildman–Crippen MR) is 92.5 cm³/mol. The molecule has 3 rings (SSSR count). The fraction of sp³-hybridized carbons (Fsp3) is 0.474. The van der Waals surface area contributed by atoms with Gasteiger partial charge < -0.3 is 10.0 Å². The summed E-state index contributed by atoms with van der Waals surface area (Å²) in [6.45, 7) is 3.30. The monoisotopic (exact) mass is 327 g/mol. The van der Waals surface area contributed by atoms with Crippen molar-refractivity contribution in [3.8, 4) is 0 Å². The lowest BCUT2D eigenvalue weighted by molar-refractivity contribution is -0.139. The summed E-state index contributed by atoms with van der Waals surface area (Å²) in [7, 11) is 0. The molecule has 1 aliphatic heterocycles. The maximum atomic E-state index is 12.7. The molecule has 5 nitrogen and oxygen atoms in total. The lowest BCUT2D eigenvalue weighted by atomic mass is 9.92. The number of hydrogen-bond donors (Lipinski definition) is 1. The number of benzene rings is 1. The number of aryl methyl sites for hydroxylation is 2. The van der Waals surface area contributed by atoms with Crippen molar-refractivity contribution in [2.75, 3.05) is 6.54 Å². The van der Waals surface area contributed by atoms with E-state index in [1.165, 1.54) is 0 Å². The average molecular weight is 327 g/mol. The third-order valence-electron chi connectivity index (χ3n) is 4.67. The minimum atomic E-state index is -0.449. The number of aliphatic hydroxyl groups is 1. The van der Waals surface area contributed by atoms with Crippen molar-refractivity contribution in [2.24, 2.45) is 0 Å². The van der Waals surface area contributed by atoms with E-state index in [2.05, 4.69) is 17.2 Å². The highest BCUT2D eigenvalue weighted by Gasteiger charge is 2.32.